The van der Waals surface area contributed by atoms with Crippen LogP contribution in [0.25, 0.3) is 11.1 Å². The number of halogens is 10. The predicted molar refractivity (Wildman–Crippen MR) is 107 cm³/mol. The monoisotopic (exact) mass is 536 g/mol. The van der Waals surface area contributed by atoms with Gasteiger partial charge in [-0.05, 0) is 23.3 Å². The van der Waals surface area contributed by atoms with Crippen LogP contribution in [0.2, 0.25) is 0 Å². The largest absolute Gasteiger partial charge is 0.206 e. The SMILES string of the molecule is N#CN=C1C(c2c(F)c(F)c(F)c(F)c2F)=CC2=C1C=C(c1c(F)c(F)c(F)c(F)c1F)C2=C(C#N)C#N. The van der Waals surface area contributed by atoms with Gasteiger partial charge in [-0.1, -0.05) is 0 Å². The summed E-state index contributed by atoms with van der Waals surface area (Å²) in [5, 5.41) is 27.8. The molecular formula is C24H2F10N4. The molecule has 4 rings (SSSR count). The van der Waals surface area contributed by atoms with E-state index in [0.717, 1.165) is 0 Å². The smallest absolute Gasteiger partial charge is 0.203 e. The first kappa shape index (κ1) is 25.9. The van der Waals surface area contributed by atoms with E-state index in [1.54, 1.807) is 0 Å². The van der Waals surface area contributed by atoms with Crippen LogP contribution in [0.3, 0.4) is 0 Å². The molecule has 0 radical (unpaired) electrons. The van der Waals surface area contributed by atoms with Crippen LogP contribution >= 0.6 is 0 Å². The molecule has 0 aromatic heterocycles. The third-order valence-electron chi connectivity index (χ3n) is 5.51. The molecule has 0 unspecified atom stereocenters. The summed E-state index contributed by atoms with van der Waals surface area (Å²) in [4.78, 5) is 3.25. The van der Waals surface area contributed by atoms with E-state index in [1.807, 2.05) is 0 Å². The average molecular weight is 536 g/mol. The van der Waals surface area contributed by atoms with Gasteiger partial charge in [0, 0.05) is 16.7 Å². The molecule has 0 spiro atoms. The van der Waals surface area contributed by atoms with Gasteiger partial charge < -0.3 is 0 Å². The van der Waals surface area contributed by atoms with Gasteiger partial charge >= 0.3 is 0 Å². The van der Waals surface area contributed by atoms with Gasteiger partial charge in [0.25, 0.3) is 0 Å². The van der Waals surface area contributed by atoms with E-state index in [4.69, 9.17) is 5.26 Å². The molecule has 4 nitrogen and oxygen atoms in total. The average Bonchev–Trinajstić information content (AvgIpc) is 3.42. The third-order valence-corrected chi connectivity index (χ3v) is 5.51. The first-order valence-electron chi connectivity index (χ1n) is 9.66. The van der Waals surface area contributed by atoms with Crippen molar-refractivity contribution in [2.45, 2.75) is 0 Å². The molecule has 0 fully saturated rings. The van der Waals surface area contributed by atoms with Crippen molar-refractivity contribution in [2.24, 2.45) is 4.99 Å². The van der Waals surface area contributed by atoms with E-state index in [9.17, 15) is 54.4 Å². The van der Waals surface area contributed by atoms with E-state index < -0.39 is 108 Å². The van der Waals surface area contributed by atoms with Crippen LogP contribution in [0, 0.1) is 92.3 Å². The highest BCUT2D eigenvalue weighted by Crippen LogP contribution is 2.49. The lowest BCUT2D eigenvalue weighted by molar-refractivity contribution is 0.376. The van der Waals surface area contributed by atoms with E-state index >= 15 is 0 Å². The lowest BCUT2D eigenvalue weighted by Crippen LogP contribution is -2.11. The van der Waals surface area contributed by atoms with Crippen LogP contribution in [0.4, 0.5) is 43.9 Å². The number of rotatable bonds is 2. The zero-order valence-corrected chi connectivity index (χ0v) is 17.7. The fourth-order valence-corrected chi connectivity index (χ4v) is 3.92. The molecular weight excluding hydrogens is 534 g/mol. The highest BCUT2D eigenvalue weighted by molar-refractivity contribution is 6.38. The van der Waals surface area contributed by atoms with E-state index in [1.165, 1.54) is 18.3 Å². The number of hydrogen-bond donors (Lipinski definition) is 0. The van der Waals surface area contributed by atoms with Crippen molar-refractivity contribution >= 4 is 16.9 Å². The van der Waals surface area contributed by atoms with Gasteiger partial charge in [-0.15, -0.1) is 0 Å². The quantitative estimate of drug-likeness (QED) is 0.152. The molecule has 0 saturated heterocycles. The minimum atomic E-state index is -2.52. The second kappa shape index (κ2) is 9.05. The number of allylic oxidation sites excluding steroid dienone is 8. The lowest BCUT2D eigenvalue weighted by Gasteiger charge is -2.14. The van der Waals surface area contributed by atoms with Crippen LogP contribution in [-0.2, 0) is 0 Å². The summed E-state index contributed by atoms with van der Waals surface area (Å²) in [5.41, 5.74) is -8.84. The van der Waals surface area contributed by atoms with Crippen LogP contribution in [0.1, 0.15) is 11.1 Å². The van der Waals surface area contributed by atoms with Crippen LogP contribution in [-0.4, -0.2) is 5.71 Å². The Labute approximate surface area is 204 Å². The number of nitriles is 3. The summed E-state index contributed by atoms with van der Waals surface area (Å²) in [6.45, 7) is 0. The van der Waals surface area contributed by atoms with Gasteiger partial charge in [0.1, 0.15) is 17.7 Å². The van der Waals surface area contributed by atoms with Crippen molar-refractivity contribution in [1.82, 2.24) is 0 Å². The Kier molecular flexibility index (Phi) is 6.17. The molecule has 0 heterocycles. The van der Waals surface area contributed by atoms with Crippen LogP contribution in [0.5, 0.6) is 0 Å². The van der Waals surface area contributed by atoms with Crippen molar-refractivity contribution in [3.63, 3.8) is 0 Å². The molecule has 188 valence electrons. The fraction of sp³-hybridized carbons (Fsp3) is 0. The minimum Gasteiger partial charge on any atom is -0.203 e. The van der Waals surface area contributed by atoms with Crippen molar-refractivity contribution in [2.75, 3.05) is 0 Å². The second-order valence-electron chi connectivity index (χ2n) is 7.37. The number of hydrogen-bond acceptors (Lipinski definition) is 4. The maximum Gasteiger partial charge on any atom is 0.206 e. The van der Waals surface area contributed by atoms with Crippen molar-refractivity contribution in [3.8, 4) is 18.3 Å². The van der Waals surface area contributed by atoms with Gasteiger partial charge in [0.05, 0.1) is 16.8 Å². The van der Waals surface area contributed by atoms with Gasteiger partial charge in [-0.25, -0.2) is 43.9 Å². The third kappa shape index (κ3) is 3.40. The van der Waals surface area contributed by atoms with E-state index in [2.05, 4.69) is 4.99 Å². The number of aliphatic imine (C=N–C) groups is 1. The van der Waals surface area contributed by atoms with E-state index in [0.29, 0.717) is 12.2 Å². The minimum absolute atomic E-state index is 0.553. The van der Waals surface area contributed by atoms with Crippen molar-refractivity contribution < 1.29 is 43.9 Å². The molecule has 0 atom stereocenters. The van der Waals surface area contributed by atoms with Gasteiger partial charge in [0.2, 0.25) is 17.8 Å². The Morgan fingerprint density at radius 3 is 1.29 bits per heavy atom. The van der Waals surface area contributed by atoms with Crippen LogP contribution in [0.15, 0.2) is 39.4 Å². The van der Waals surface area contributed by atoms with Crippen LogP contribution < -0.4 is 0 Å². The molecule has 0 N–H and O–H groups in total. The molecule has 0 amide bonds. The highest BCUT2D eigenvalue weighted by atomic mass is 19.2. The molecule has 14 heteroatoms. The van der Waals surface area contributed by atoms with Gasteiger partial charge in [-0.2, -0.15) is 20.8 Å². The zero-order valence-electron chi connectivity index (χ0n) is 17.7. The standard InChI is InChI=1S/C24H2F10N4/c25-14-12(15(26)19(30)22(33)18(14)29)9-2-8-7(11(9)6(3-35)4-36)1-10(24(8)38-5-37)13-16(27)20(31)23(34)21(32)17(13)28/h1-2H. The summed E-state index contributed by atoms with van der Waals surface area (Å²) in [7, 11) is 0. The summed E-state index contributed by atoms with van der Waals surface area (Å²) in [5.74, 6) is -24.0. The van der Waals surface area contributed by atoms with E-state index in [-0.39, 0.29) is 0 Å². The summed E-state index contributed by atoms with van der Waals surface area (Å²) >= 11 is 0. The molecule has 0 aliphatic heterocycles. The van der Waals surface area contributed by atoms with Gasteiger partial charge in [0.15, 0.2) is 46.5 Å². The first-order valence-corrected chi connectivity index (χ1v) is 9.66. The summed E-state index contributed by atoms with van der Waals surface area (Å²) < 4.78 is 141. The predicted octanol–water partition coefficient (Wildman–Crippen LogP) is 6.13. The Bertz CT molecular complexity index is 1720. The zero-order chi connectivity index (χ0) is 28.2. The Morgan fingerprint density at radius 1 is 0.526 bits per heavy atom. The Balaban J connectivity index is 2.09. The Morgan fingerprint density at radius 2 is 0.895 bits per heavy atom. The molecule has 2 aliphatic carbocycles. The number of nitrogens with zero attached hydrogens (tertiary/aromatic N) is 4. The second-order valence-corrected chi connectivity index (χ2v) is 7.37. The summed E-state index contributed by atoms with van der Waals surface area (Å²) in [6, 6.07) is 2.64. The maximum absolute atomic E-state index is 14.6. The first-order chi connectivity index (χ1) is 17.9. The molecule has 2 aliphatic rings. The fourth-order valence-electron chi connectivity index (χ4n) is 3.92. The maximum atomic E-state index is 14.6. The van der Waals surface area contributed by atoms with Gasteiger partial charge in [-0.3, -0.25) is 0 Å². The van der Waals surface area contributed by atoms with Crippen molar-refractivity contribution in [1.29, 1.82) is 15.8 Å². The Hall–Kier alpha value is -5.16. The molecule has 0 saturated carbocycles. The molecule has 2 aromatic rings. The summed E-state index contributed by atoms with van der Waals surface area (Å²) in [6.07, 6.45) is 2.36. The topological polar surface area (TPSA) is 83.7 Å². The van der Waals surface area contributed by atoms with Crippen molar-refractivity contribution in [3.05, 3.63) is 104 Å². The number of benzene rings is 2. The molecule has 2 aromatic carbocycles. The normalized spacial score (nSPS) is 15.2. The molecule has 0 bridgehead atoms. The molecule has 38 heavy (non-hydrogen) atoms. The lowest BCUT2D eigenvalue weighted by atomic mass is 9.90. The highest BCUT2D eigenvalue weighted by Gasteiger charge is 2.40.